The molecule has 1 nitrogen and oxygen atoms in total. The molecule has 88 valence electrons. The minimum Gasteiger partial charge on any atom is -0.393 e. The highest BCUT2D eigenvalue weighted by Gasteiger charge is 2.44. The Hall–Kier alpha value is -0.300. The minimum atomic E-state index is -0.211. The zero-order valence-electron chi connectivity index (χ0n) is 10.7. The fraction of sp³-hybridized carbons (Fsp3) is 0.857. The molecule has 1 aliphatic rings. The largest absolute Gasteiger partial charge is 0.393 e. The maximum Gasteiger partial charge on any atom is 0.0546 e. The summed E-state index contributed by atoms with van der Waals surface area (Å²) in [6, 6.07) is 0. The fourth-order valence-corrected chi connectivity index (χ4v) is 3.19. The van der Waals surface area contributed by atoms with Gasteiger partial charge in [-0.05, 0) is 49.4 Å². The second kappa shape index (κ2) is 4.69. The van der Waals surface area contributed by atoms with E-state index in [1.54, 1.807) is 0 Å². The number of allylic oxidation sites excluding steroid dienone is 1. The van der Waals surface area contributed by atoms with Gasteiger partial charge in [0, 0.05) is 0 Å². The van der Waals surface area contributed by atoms with Crippen molar-refractivity contribution >= 4 is 0 Å². The molecule has 0 aliphatic heterocycles. The molecule has 0 bridgehead atoms. The van der Waals surface area contributed by atoms with E-state index in [9.17, 15) is 5.11 Å². The van der Waals surface area contributed by atoms with E-state index in [0.29, 0.717) is 17.3 Å². The maximum absolute atomic E-state index is 9.87. The van der Waals surface area contributed by atoms with Gasteiger partial charge in [0.25, 0.3) is 0 Å². The molecule has 1 heteroatoms. The van der Waals surface area contributed by atoms with Gasteiger partial charge in [-0.15, -0.1) is 6.58 Å². The summed E-state index contributed by atoms with van der Waals surface area (Å²) in [6.45, 7) is 12.8. The van der Waals surface area contributed by atoms with Gasteiger partial charge in [-0.3, -0.25) is 0 Å². The molecular weight excluding hydrogens is 184 g/mol. The summed E-state index contributed by atoms with van der Waals surface area (Å²) in [6.07, 6.45) is 5.25. The van der Waals surface area contributed by atoms with Crippen LogP contribution in [0.3, 0.4) is 0 Å². The Morgan fingerprint density at radius 1 is 1.47 bits per heavy atom. The summed E-state index contributed by atoms with van der Waals surface area (Å²) in [5.41, 5.74) is 0.366. The van der Waals surface area contributed by atoms with Gasteiger partial charge in [0.1, 0.15) is 0 Å². The van der Waals surface area contributed by atoms with Gasteiger partial charge < -0.3 is 5.11 Å². The smallest absolute Gasteiger partial charge is 0.0546 e. The van der Waals surface area contributed by atoms with Gasteiger partial charge >= 0.3 is 0 Å². The third kappa shape index (κ3) is 2.44. The van der Waals surface area contributed by atoms with Crippen LogP contribution in [0.5, 0.6) is 0 Å². The topological polar surface area (TPSA) is 20.2 Å². The molecule has 15 heavy (non-hydrogen) atoms. The van der Waals surface area contributed by atoms with Gasteiger partial charge in [0.15, 0.2) is 0 Å². The molecule has 0 saturated heterocycles. The summed E-state index contributed by atoms with van der Waals surface area (Å²) in [5, 5.41) is 9.87. The van der Waals surface area contributed by atoms with Crippen LogP contribution in [-0.4, -0.2) is 11.2 Å². The van der Waals surface area contributed by atoms with Crippen molar-refractivity contribution in [1.29, 1.82) is 0 Å². The first kappa shape index (κ1) is 12.8. The lowest BCUT2D eigenvalue weighted by molar-refractivity contribution is 0.0400. The molecular formula is C14H26O. The molecule has 0 spiro atoms. The molecule has 0 radical (unpaired) electrons. The van der Waals surface area contributed by atoms with Gasteiger partial charge in [-0.2, -0.15) is 0 Å². The molecule has 1 aliphatic carbocycles. The zero-order valence-corrected chi connectivity index (χ0v) is 10.7. The Balaban J connectivity index is 2.80. The van der Waals surface area contributed by atoms with Gasteiger partial charge in [0.2, 0.25) is 0 Å². The molecule has 4 atom stereocenters. The normalized spacial score (nSPS) is 33.7. The van der Waals surface area contributed by atoms with E-state index in [4.69, 9.17) is 0 Å². The van der Waals surface area contributed by atoms with Crippen molar-refractivity contribution in [2.75, 3.05) is 0 Å². The van der Waals surface area contributed by atoms with E-state index in [-0.39, 0.29) is 6.10 Å². The highest BCUT2D eigenvalue weighted by molar-refractivity contribution is 4.96. The van der Waals surface area contributed by atoms with Crippen molar-refractivity contribution in [3.63, 3.8) is 0 Å². The molecule has 1 fully saturated rings. The van der Waals surface area contributed by atoms with E-state index in [2.05, 4.69) is 27.4 Å². The Bertz CT molecular complexity index is 217. The van der Waals surface area contributed by atoms with Crippen LogP contribution in [0.1, 0.15) is 47.0 Å². The van der Waals surface area contributed by atoms with E-state index in [0.717, 1.165) is 12.3 Å². The minimum absolute atomic E-state index is 0.211. The van der Waals surface area contributed by atoms with E-state index in [1.165, 1.54) is 12.8 Å². The van der Waals surface area contributed by atoms with Crippen LogP contribution in [0.2, 0.25) is 0 Å². The van der Waals surface area contributed by atoms with Gasteiger partial charge in [0.05, 0.1) is 6.10 Å². The Morgan fingerprint density at radius 2 is 2.07 bits per heavy atom. The van der Waals surface area contributed by atoms with Crippen LogP contribution in [0, 0.1) is 23.2 Å². The van der Waals surface area contributed by atoms with Crippen LogP contribution in [-0.2, 0) is 0 Å². The summed E-state index contributed by atoms with van der Waals surface area (Å²) >= 11 is 0. The van der Waals surface area contributed by atoms with Crippen molar-refractivity contribution < 1.29 is 5.11 Å². The van der Waals surface area contributed by atoms with Crippen molar-refractivity contribution in [2.45, 2.75) is 53.1 Å². The molecule has 1 rings (SSSR count). The lowest BCUT2D eigenvalue weighted by atomic mass is 9.68. The third-order valence-electron chi connectivity index (χ3n) is 4.71. The Morgan fingerprint density at radius 3 is 2.40 bits per heavy atom. The first-order valence-electron chi connectivity index (χ1n) is 6.20. The van der Waals surface area contributed by atoms with Crippen LogP contribution in [0.4, 0.5) is 0 Å². The molecule has 0 aromatic rings. The predicted molar refractivity (Wildman–Crippen MR) is 65.7 cm³/mol. The monoisotopic (exact) mass is 210 g/mol. The zero-order chi connectivity index (χ0) is 11.6. The lowest BCUT2D eigenvalue weighted by Gasteiger charge is -2.37. The first-order valence-corrected chi connectivity index (χ1v) is 6.20. The van der Waals surface area contributed by atoms with Gasteiger partial charge in [-0.1, -0.05) is 26.8 Å². The molecule has 0 aromatic heterocycles. The quantitative estimate of drug-likeness (QED) is 0.702. The second-order valence-electron chi connectivity index (χ2n) is 5.84. The third-order valence-corrected chi connectivity index (χ3v) is 4.71. The highest BCUT2D eigenvalue weighted by Crippen LogP contribution is 2.51. The number of aliphatic hydroxyl groups excluding tert-OH is 1. The number of rotatable bonds is 4. The molecule has 4 unspecified atom stereocenters. The average Bonchev–Trinajstić information content (AvgIpc) is 2.39. The van der Waals surface area contributed by atoms with Crippen molar-refractivity contribution in [2.24, 2.45) is 23.2 Å². The second-order valence-corrected chi connectivity index (χ2v) is 5.84. The summed E-state index contributed by atoms with van der Waals surface area (Å²) in [4.78, 5) is 0. The SMILES string of the molecule is C=CCC(C(C)O)C1CCC(C)C1(C)C. The summed E-state index contributed by atoms with van der Waals surface area (Å²) in [7, 11) is 0. The molecule has 0 aromatic carbocycles. The fourth-order valence-electron chi connectivity index (χ4n) is 3.19. The van der Waals surface area contributed by atoms with E-state index in [1.807, 2.05) is 13.0 Å². The first-order chi connectivity index (χ1) is 6.91. The maximum atomic E-state index is 9.87. The molecule has 0 amide bonds. The number of hydrogen-bond acceptors (Lipinski definition) is 1. The van der Waals surface area contributed by atoms with Crippen molar-refractivity contribution in [3.05, 3.63) is 12.7 Å². The van der Waals surface area contributed by atoms with Crippen LogP contribution < -0.4 is 0 Å². The standard InChI is InChI=1S/C14H26O/c1-6-7-12(11(3)15)13-9-8-10(2)14(13,4)5/h6,10-13,15H,1,7-9H2,2-5H3. The summed E-state index contributed by atoms with van der Waals surface area (Å²) in [5.74, 6) is 1.81. The van der Waals surface area contributed by atoms with Crippen LogP contribution in [0.25, 0.3) is 0 Å². The van der Waals surface area contributed by atoms with E-state index < -0.39 is 0 Å². The Kier molecular flexibility index (Phi) is 3.99. The lowest BCUT2D eigenvalue weighted by Crippen LogP contribution is -2.34. The predicted octanol–water partition coefficient (Wildman–Crippen LogP) is 3.63. The molecule has 0 heterocycles. The van der Waals surface area contributed by atoms with Crippen LogP contribution in [0.15, 0.2) is 12.7 Å². The Labute approximate surface area is 94.6 Å². The van der Waals surface area contributed by atoms with Crippen molar-refractivity contribution in [1.82, 2.24) is 0 Å². The van der Waals surface area contributed by atoms with Crippen molar-refractivity contribution in [3.8, 4) is 0 Å². The van der Waals surface area contributed by atoms with E-state index >= 15 is 0 Å². The number of hydrogen-bond donors (Lipinski definition) is 1. The van der Waals surface area contributed by atoms with Crippen LogP contribution >= 0.6 is 0 Å². The average molecular weight is 210 g/mol. The summed E-state index contributed by atoms with van der Waals surface area (Å²) < 4.78 is 0. The van der Waals surface area contributed by atoms with Gasteiger partial charge in [-0.25, -0.2) is 0 Å². The molecule has 1 N–H and O–H groups in total. The number of aliphatic hydroxyl groups is 1. The highest BCUT2D eigenvalue weighted by atomic mass is 16.3. The molecule has 1 saturated carbocycles.